The Morgan fingerprint density at radius 2 is 1.77 bits per heavy atom. The van der Waals surface area contributed by atoms with E-state index in [4.69, 9.17) is 9.40 Å². The highest BCUT2D eigenvalue weighted by Crippen LogP contribution is 2.33. The van der Waals surface area contributed by atoms with Gasteiger partial charge in [-0.05, 0) is 68.0 Å². The number of anilines is 1. The second-order valence-corrected chi connectivity index (χ2v) is 9.77. The van der Waals surface area contributed by atoms with Gasteiger partial charge in [0.2, 0.25) is 0 Å². The lowest BCUT2D eigenvalue weighted by molar-refractivity contribution is 0.0982. The lowest BCUT2D eigenvalue weighted by Gasteiger charge is -2.21. The van der Waals surface area contributed by atoms with Crippen molar-refractivity contribution in [1.82, 2.24) is 9.88 Å². The Kier molecular flexibility index (Phi) is 6.94. The third-order valence-electron chi connectivity index (χ3n) is 6.19. The van der Waals surface area contributed by atoms with Crippen LogP contribution < -0.4 is 10.5 Å². The Morgan fingerprint density at radius 3 is 2.54 bits per heavy atom. The molecule has 0 unspecified atom stereocenters. The zero-order chi connectivity index (χ0) is 24.0. The minimum Gasteiger partial charge on any atom is -0.422 e. The van der Waals surface area contributed by atoms with Gasteiger partial charge in [0.25, 0.3) is 5.91 Å². The quantitative estimate of drug-likeness (QED) is 0.222. The summed E-state index contributed by atoms with van der Waals surface area (Å²) in [7, 11) is 3.90. The van der Waals surface area contributed by atoms with Gasteiger partial charge >= 0.3 is 5.63 Å². The Labute approximate surface area is 213 Å². The summed E-state index contributed by atoms with van der Waals surface area (Å²) in [5.41, 5.74) is 2.96. The number of nitrogens with zero attached hydrogens (tertiary/aromatic N) is 3. The molecule has 2 aromatic heterocycles. The lowest BCUT2D eigenvalue weighted by Crippen LogP contribution is -2.38. The molecular formula is C27H26ClN3O3S. The van der Waals surface area contributed by atoms with Crippen molar-refractivity contribution in [2.24, 2.45) is 0 Å². The highest BCUT2D eigenvalue weighted by Gasteiger charge is 2.25. The van der Waals surface area contributed by atoms with Gasteiger partial charge < -0.3 is 9.32 Å². The molecule has 0 N–H and O–H groups in total. The van der Waals surface area contributed by atoms with Crippen LogP contribution >= 0.6 is 23.7 Å². The number of aromatic nitrogens is 1. The van der Waals surface area contributed by atoms with E-state index >= 15 is 0 Å². The van der Waals surface area contributed by atoms with Crippen molar-refractivity contribution in [3.63, 3.8) is 0 Å². The van der Waals surface area contributed by atoms with Gasteiger partial charge in [-0.25, -0.2) is 9.78 Å². The largest absolute Gasteiger partial charge is 0.422 e. The summed E-state index contributed by atoms with van der Waals surface area (Å²) in [4.78, 5) is 35.1. The number of benzene rings is 3. The van der Waals surface area contributed by atoms with Crippen LogP contribution in [-0.4, -0.2) is 43.0 Å². The fourth-order valence-corrected chi connectivity index (χ4v) is 5.13. The van der Waals surface area contributed by atoms with Crippen LogP contribution in [0.25, 0.3) is 32.0 Å². The van der Waals surface area contributed by atoms with E-state index in [0.29, 0.717) is 23.8 Å². The minimum atomic E-state index is -0.643. The standard InChI is InChI=1S/C27H25N3O3S.ClH/c1-16-9-12-23-24(17(16)2)28-27(34-23)30(14-13-29(3)4)25(31)21-15-20-19-8-6-5-7-18(19)10-11-22(20)33-26(21)32;/h5-12,15H,13-14H2,1-4H3;1H. The van der Waals surface area contributed by atoms with Crippen molar-refractivity contribution in [1.29, 1.82) is 0 Å². The Bertz CT molecular complexity index is 1620. The fraction of sp³-hybridized carbons (Fsp3) is 0.222. The number of thiazole rings is 1. The summed E-state index contributed by atoms with van der Waals surface area (Å²) in [6, 6.07) is 17.3. The second-order valence-electron chi connectivity index (χ2n) is 8.76. The summed E-state index contributed by atoms with van der Waals surface area (Å²) >= 11 is 1.46. The van der Waals surface area contributed by atoms with E-state index in [1.807, 2.05) is 69.2 Å². The Hall–Kier alpha value is -3.26. The molecule has 0 radical (unpaired) electrons. The molecule has 3 aromatic carbocycles. The van der Waals surface area contributed by atoms with E-state index in [1.165, 1.54) is 11.3 Å². The van der Waals surface area contributed by atoms with Crippen molar-refractivity contribution in [3.05, 3.63) is 81.7 Å². The smallest absolute Gasteiger partial charge is 0.349 e. The molecule has 0 aliphatic rings. The van der Waals surface area contributed by atoms with Crippen LogP contribution in [0.2, 0.25) is 0 Å². The van der Waals surface area contributed by atoms with E-state index in [2.05, 4.69) is 6.07 Å². The number of hydrogen-bond donors (Lipinski definition) is 0. The maximum atomic E-state index is 13.8. The number of rotatable bonds is 5. The summed E-state index contributed by atoms with van der Waals surface area (Å²) in [5.74, 6) is -0.404. The highest BCUT2D eigenvalue weighted by molar-refractivity contribution is 7.22. The first-order valence-electron chi connectivity index (χ1n) is 11.1. The SMILES string of the molecule is Cc1ccc2sc(N(CCN(C)C)C(=O)c3cc4c(ccc5ccccc54)oc3=O)nc2c1C.Cl. The molecule has 0 spiro atoms. The molecule has 0 bridgehead atoms. The number of fused-ring (bicyclic) bond motifs is 4. The van der Waals surface area contributed by atoms with Crippen LogP contribution in [0.3, 0.4) is 0 Å². The van der Waals surface area contributed by atoms with Gasteiger partial charge in [-0.2, -0.15) is 0 Å². The molecule has 35 heavy (non-hydrogen) atoms. The van der Waals surface area contributed by atoms with E-state index in [0.717, 1.165) is 37.5 Å². The van der Waals surface area contributed by atoms with Gasteiger partial charge in [-0.15, -0.1) is 12.4 Å². The van der Waals surface area contributed by atoms with Crippen LogP contribution in [0.1, 0.15) is 21.5 Å². The summed E-state index contributed by atoms with van der Waals surface area (Å²) in [6.45, 7) is 5.11. The topological polar surface area (TPSA) is 66.7 Å². The molecule has 8 heteroatoms. The van der Waals surface area contributed by atoms with Gasteiger partial charge in [0.15, 0.2) is 5.13 Å². The minimum absolute atomic E-state index is 0. The predicted octanol–water partition coefficient (Wildman–Crippen LogP) is 5.80. The second kappa shape index (κ2) is 9.77. The first-order chi connectivity index (χ1) is 16.3. The van der Waals surface area contributed by atoms with Crippen LogP contribution in [0.4, 0.5) is 5.13 Å². The van der Waals surface area contributed by atoms with Crippen molar-refractivity contribution < 1.29 is 9.21 Å². The van der Waals surface area contributed by atoms with Crippen LogP contribution in [0, 0.1) is 13.8 Å². The summed E-state index contributed by atoms with van der Waals surface area (Å²) in [5, 5.41) is 3.27. The molecule has 180 valence electrons. The molecule has 5 aromatic rings. The van der Waals surface area contributed by atoms with Crippen molar-refractivity contribution >= 4 is 66.7 Å². The molecule has 0 atom stereocenters. The third kappa shape index (κ3) is 4.55. The van der Waals surface area contributed by atoms with Crippen molar-refractivity contribution in [2.45, 2.75) is 13.8 Å². The van der Waals surface area contributed by atoms with Gasteiger partial charge in [-0.1, -0.05) is 47.7 Å². The number of likely N-dealkylation sites (N-methyl/N-ethyl adjacent to an activating group) is 1. The van der Waals surface area contributed by atoms with Crippen LogP contribution in [-0.2, 0) is 0 Å². The predicted molar refractivity (Wildman–Crippen MR) is 147 cm³/mol. The number of carbonyl (C=O) groups is 1. The zero-order valence-electron chi connectivity index (χ0n) is 20.0. The molecule has 5 rings (SSSR count). The van der Waals surface area contributed by atoms with E-state index in [1.54, 1.807) is 17.0 Å². The molecule has 0 fully saturated rings. The maximum absolute atomic E-state index is 13.8. The summed E-state index contributed by atoms with van der Waals surface area (Å²) in [6.07, 6.45) is 0. The third-order valence-corrected chi connectivity index (χ3v) is 7.24. The van der Waals surface area contributed by atoms with E-state index < -0.39 is 11.5 Å². The molecule has 2 heterocycles. The number of halogens is 1. The van der Waals surface area contributed by atoms with Gasteiger partial charge in [0.1, 0.15) is 11.1 Å². The monoisotopic (exact) mass is 507 g/mol. The summed E-state index contributed by atoms with van der Waals surface area (Å²) < 4.78 is 6.61. The molecule has 0 saturated carbocycles. The van der Waals surface area contributed by atoms with E-state index in [9.17, 15) is 9.59 Å². The molecule has 0 aliphatic heterocycles. The molecule has 0 aliphatic carbocycles. The highest BCUT2D eigenvalue weighted by atomic mass is 35.5. The average Bonchev–Trinajstić information content (AvgIpc) is 3.25. The molecule has 6 nitrogen and oxygen atoms in total. The molecule has 1 amide bonds. The number of amides is 1. The van der Waals surface area contributed by atoms with Gasteiger partial charge in [0, 0.05) is 18.5 Å². The molecule has 0 saturated heterocycles. The van der Waals surface area contributed by atoms with Crippen LogP contribution in [0.5, 0.6) is 0 Å². The van der Waals surface area contributed by atoms with E-state index in [-0.39, 0.29) is 18.0 Å². The van der Waals surface area contributed by atoms with Crippen molar-refractivity contribution in [2.75, 3.05) is 32.1 Å². The maximum Gasteiger partial charge on any atom is 0.349 e. The van der Waals surface area contributed by atoms with Crippen LogP contribution in [0.15, 0.2) is 63.8 Å². The number of carbonyl (C=O) groups excluding carboxylic acids is 1. The first kappa shape index (κ1) is 24.9. The Balaban J connectivity index is 0.00000289. The number of hydrogen-bond acceptors (Lipinski definition) is 6. The first-order valence-corrected chi connectivity index (χ1v) is 11.9. The zero-order valence-corrected chi connectivity index (χ0v) is 21.6. The fourth-order valence-electron chi connectivity index (χ4n) is 4.08. The van der Waals surface area contributed by atoms with Crippen molar-refractivity contribution in [3.8, 4) is 0 Å². The molecular weight excluding hydrogens is 482 g/mol. The Morgan fingerprint density at radius 1 is 1.00 bits per heavy atom. The average molecular weight is 508 g/mol. The van der Waals surface area contributed by atoms with Gasteiger partial charge in [-0.3, -0.25) is 9.69 Å². The lowest BCUT2D eigenvalue weighted by atomic mass is 10.0. The normalized spacial score (nSPS) is 11.3. The number of aryl methyl sites for hydroxylation is 2. The van der Waals surface area contributed by atoms with Gasteiger partial charge in [0.05, 0.1) is 10.2 Å².